The van der Waals surface area contributed by atoms with Crippen LogP contribution in [0.5, 0.6) is 11.8 Å². The number of ether oxygens (including phenoxy) is 2. The molecule has 0 aliphatic heterocycles. The molecule has 1 aromatic carbocycles. The number of halogens is 4. The lowest BCUT2D eigenvalue weighted by Crippen LogP contribution is -2.07. The van der Waals surface area contributed by atoms with Crippen molar-refractivity contribution in [3.63, 3.8) is 0 Å². The largest absolute Gasteiger partial charge is 0.480 e. The second-order valence-electron chi connectivity index (χ2n) is 10.2. The van der Waals surface area contributed by atoms with Gasteiger partial charge in [0.25, 0.3) is 0 Å². The van der Waals surface area contributed by atoms with Gasteiger partial charge in [-0.15, -0.1) is 0 Å². The molecule has 13 heteroatoms. The zero-order chi connectivity index (χ0) is 28.9. The Morgan fingerprint density at radius 1 is 1.07 bits per heavy atom. The first kappa shape index (κ1) is 27.1. The van der Waals surface area contributed by atoms with Crippen molar-refractivity contribution in [1.82, 2.24) is 29.5 Å². The van der Waals surface area contributed by atoms with Crippen LogP contribution in [0.25, 0.3) is 22.8 Å². The van der Waals surface area contributed by atoms with E-state index >= 15 is 4.39 Å². The fourth-order valence-corrected chi connectivity index (χ4v) is 4.60. The SMILES string of the molecule is COc1ncnc(C2CC2)c1-c1nc(OCc2ccc(-c3nc(C(F)(F)F)cn3C3CC3)c(F)c2)cc([C@@H](C)O)n1. The lowest BCUT2D eigenvalue weighted by Gasteiger charge is -2.14. The van der Waals surface area contributed by atoms with E-state index in [0.717, 1.165) is 24.7 Å². The van der Waals surface area contributed by atoms with E-state index in [9.17, 15) is 18.3 Å². The molecule has 0 radical (unpaired) electrons. The first-order chi connectivity index (χ1) is 19.6. The lowest BCUT2D eigenvalue weighted by atomic mass is 10.1. The van der Waals surface area contributed by atoms with Gasteiger partial charge in [0.05, 0.1) is 30.2 Å². The molecule has 6 rings (SSSR count). The van der Waals surface area contributed by atoms with Crippen LogP contribution in [-0.2, 0) is 12.8 Å². The van der Waals surface area contributed by atoms with Gasteiger partial charge in [-0.3, -0.25) is 0 Å². The van der Waals surface area contributed by atoms with Crippen molar-refractivity contribution in [2.45, 2.75) is 63.5 Å². The van der Waals surface area contributed by atoms with Gasteiger partial charge in [-0.25, -0.2) is 24.3 Å². The average Bonchev–Trinajstić information content (AvgIpc) is 3.89. The van der Waals surface area contributed by atoms with Crippen LogP contribution in [-0.4, -0.2) is 41.7 Å². The van der Waals surface area contributed by atoms with Crippen LogP contribution in [0.1, 0.15) is 73.3 Å². The van der Waals surface area contributed by atoms with Crippen LogP contribution in [0, 0.1) is 5.82 Å². The summed E-state index contributed by atoms with van der Waals surface area (Å²) in [6.07, 6.45) is 0.157. The fraction of sp³-hybridized carbons (Fsp3) is 0.393. The van der Waals surface area contributed by atoms with E-state index in [1.54, 1.807) is 13.0 Å². The van der Waals surface area contributed by atoms with Gasteiger partial charge < -0.3 is 19.1 Å². The second-order valence-corrected chi connectivity index (χ2v) is 10.2. The third-order valence-electron chi connectivity index (χ3n) is 7.00. The zero-order valence-corrected chi connectivity index (χ0v) is 22.2. The maximum atomic E-state index is 15.2. The molecule has 2 fully saturated rings. The maximum Gasteiger partial charge on any atom is 0.434 e. The third kappa shape index (κ3) is 5.58. The number of nitrogens with zero attached hydrogens (tertiary/aromatic N) is 6. The number of imidazole rings is 1. The third-order valence-corrected chi connectivity index (χ3v) is 7.00. The number of hydrogen-bond donors (Lipinski definition) is 1. The Morgan fingerprint density at radius 3 is 2.49 bits per heavy atom. The summed E-state index contributed by atoms with van der Waals surface area (Å²) in [4.78, 5) is 21.3. The molecule has 9 nitrogen and oxygen atoms in total. The Bertz CT molecular complexity index is 1600. The van der Waals surface area contributed by atoms with E-state index in [-0.39, 0.29) is 41.7 Å². The van der Waals surface area contributed by atoms with Crippen LogP contribution in [0.4, 0.5) is 17.6 Å². The standard InChI is InChI=1S/C28H26F4N6O3/c1-14(39)20-10-22(37-25(35-20)23-24(16-4-5-16)33-13-34-27(23)40-2)41-12-15-3-8-18(19(29)9-15)26-36-21(28(30,31)32)11-38(26)17-6-7-17/h3,8-11,13-14,16-17,39H,4-7,12H2,1-2H3/t14-/m1/s1. The molecule has 2 aliphatic carbocycles. The van der Waals surface area contributed by atoms with Gasteiger partial charge in [0.15, 0.2) is 11.5 Å². The van der Waals surface area contributed by atoms with E-state index < -0.39 is 23.8 Å². The number of aromatic nitrogens is 6. The number of methoxy groups -OCH3 is 1. The molecule has 1 N–H and O–H groups in total. The van der Waals surface area contributed by atoms with Gasteiger partial charge in [-0.1, -0.05) is 6.07 Å². The van der Waals surface area contributed by atoms with Crippen molar-refractivity contribution < 1.29 is 32.1 Å². The molecule has 0 saturated heterocycles. The monoisotopic (exact) mass is 570 g/mol. The van der Waals surface area contributed by atoms with E-state index in [0.29, 0.717) is 35.5 Å². The molecule has 0 spiro atoms. The van der Waals surface area contributed by atoms with E-state index in [1.807, 2.05) is 0 Å². The van der Waals surface area contributed by atoms with Crippen molar-refractivity contribution in [1.29, 1.82) is 0 Å². The summed E-state index contributed by atoms with van der Waals surface area (Å²) >= 11 is 0. The predicted octanol–water partition coefficient (Wildman–Crippen LogP) is 5.81. The molecule has 214 valence electrons. The number of aliphatic hydroxyl groups excluding tert-OH is 1. The Kier molecular flexibility index (Phi) is 6.84. The molecule has 41 heavy (non-hydrogen) atoms. The highest BCUT2D eigenvalue weighted by atomic mass is 19.4. The highest BCUT2D eigenvalue weighted by Crippen LogP contribution is 2.45. The topological polar surface area (TPSA) is 108 Å². The summed E-state index contributed by atoms with van der Waals surface area (Å²) in [5.74, 6) is 0.104. The molecule has 1 atom stereocenters. The van der Waals surface area contributed by atoms with Gasteiger partial charge in [0.1, 0.15) is 30.1 Å². The smallest absolute Gasteiger partial charge is 0.434 e. The first-order valence-corrected chi connectivity index (χ1v) is 13.2. The fourth-order valence-electron chi connectivity index (χ4n) is 4.60. The van der Waals surface area contributed by atoms with Crippen molar-refractivity contribution in [2.75, 3.05) is 7.11 Å². The van der Waals surface area contributed by atoms with Gasteiger partial charge in [-0.05, 0) is 50.3 Å². The Morgan fingerprint density at radius 2 is 1.85 bits per heavy atom. The Hall–Kier alpha value is -4.13. The lowest BCUT2D eigenvalue weighted by molar-refractivity contribution is -0.140. The minimum Gasteiger partial charge on any atom is -0.480 e. The van der Waals surface area contributed by atoms with Crippen molar-refractivity contribution >= 4 is 0 Å². The minimum atomic E-state index is -4.63. The molecular weight excluding hydrogens is 544 g/mol. The highest BCUT2D eigenvalue weighted by molar-refractivity contribution is 5.66. The maximum absolute atomic E-state index is 15.2. The van der Waals surface area contributed by atoms with Crippen molar-refractivity contribution in [3.8, 4) is 34.5 Å². The van der Waals surface area contributed by atoms with E-state index in [4.69, 9.17) is 9.47 Å². The first-order valence-electron chi connectivity index (χ1n) is 13.2. The molecule has 0 unspecified atom stereocenters. The van der Waals surface area contributed by atoms with Crippen LogP contribution in [0.2, 0.25) is 0 Å². The van der Waals surface area contributed by atoms with Crippen LogP contribution >= 0.6 is 0 Å². The number of benzene rings is 1. The number of rotatable bonds is 9. The van der Waals surface area contributed by atoms with Crippen molar-refractivity contribution in [2.24, 2.45) is 0 Å². The quantitative estimate of drug-likeness (QED) is 0.251. The molecule has 3 aromatic heterocycles. The summed E-state index contributed by atoms with van der Waals surface area (Å²) in [7, 11) is 1.48. The summed E-state index contributed by atoms with van der Waals surface area (Å²) in [6, 6.07) is 5.52. The Balaban J connectivity index is 1.28. The summed E-state index contributed by atoms with van der Waals surface area (Å²) in [6.45, 7) is 1.45. The van der Waals surface area contributed by atoms with Crippen LogP contribution < -0.4 is 9.47 Å². The number of alkyl halides is 3. The molecule has 0 amide bonds. The molecule has 3 heterocycles. The van der Waals surface area contributed by atoms with Gasteiger partial charge in [0.2, 0.25) is 11.8 Å². The zero-order valence-electron chi connectivity index (χ0n) is 22.2. The molecule has 0 bridgehead atoms. The molecular formula is C28H26F4N6O3. The molecule has 2 aliphatic rings. The van der Waals surface area contributed by atoms with Gasteiger partial charge in [0, 0.05) is 24.2 Å². The average molecular weight is 571 g/mol. The van der Waals surface area contributed by atoms with Gasteiger partial charge in [-0.2, -0.15) is 18.2 Å². The molecule has 2 saturated carbocycles. The Labute approximate surface area is 232 Å². The minimum absolute atomic E-state index is 0.0272. The van der Waals surface area contributed by atoms with E-state index in [2.05, 4.69) is 24.9 Å². The predicted molar refractivity (Wildman–Crippen MR) is 137 cm³/mol. The second kappa shape index (κ2) is 10.4. The normalized spacial score (nSPS) is 16.1. The summed E-state index contributed by atoms with van der Waals surface area (Å²) in [5, 5.41) is 10.3. The molecule has 4 aromatic rings. The van der Waals surface area contributed by atoms with Crippen molar-refractivity contribution in [3.05, 3.63) is 65.3 Å². The van der Waals surface area contributed by atoms with Gasteiger partial charge >= 0.3 is 6.18 Å². The summed E-state index contributed by atoms with van der Waals surface area (Å²) in [5.41, 5.74) is 0.910. The summed E-state index contributed by atoms with van der Waals surface area (Å²) < 4.78 is 67.9. The van der Waals surface area contributed by atoms with E-state index in [1.165, 1.54) is 36.2 Å². The van der Waals surface area contributed by atoms with Crippen LogP contribution in [0.3, 0.4) is 0 Å². The van der Waals surface area contributed by atoms with Crippen LogP contribution in [0.15, 0.2) is 36.8 Å². The highest BCUT2D eigenvalue weighted by Gasteiger charge is 2.38. The number of hydrogen-bond acceptors (Lipinski definition) is 8. The number of aliphatic hydroxyl groups is 1.